The molecule has 0 radical (unpaired) electrons. The van der Waals surface area contributed by atoms with Crippen molar-refractivity contribution < 1.29 is 4.79 Å². The molecule has 0 spiro atoms. The van der Waals surface area contributed by atoms with Crippen molar-refractivity contribution in [3.8, 4) is 0 Å². The lowest BCUT2D eigenvalue weighted by atomic mass is 10.1. The van der Waals surface area contributed by atoms with Gasteiger partial charge in [0.05, 0.1) is 18.3 Å². The van der Waals surface area contributed by atoms with E-state index in [0.29, 0.717) is 0 Å². The van der Waals surface area contributed by atoms with E-state index in [0.717, 1.165) is 24.8 Å². The van der Waals surface area contributed by atoms with E-state index in [-0.39, 0.29) is 11.9 Å². The van der Waals surface area contributed by atoms with E-state index in [4.69, 9.17) is 5.73 Å². The number of H-pyrrole nitrogens is 1. The largest absolute Gasteiger partial charge is 0.348 e. The number of aromatic nitrogens is 2. The SMILES string of the molecule is CCCCC(N)C(=O)NC(C)c1cn[nH]c1. The number of aromatic amines is 1. The van der Waals surface area contributed by atoms with E-state index in [9.17, 15) is 4.79 Å². The van der Waals surface area contributed by atoms with Crippen LogP contribution in [0.4, 0.5) is 0 Å². The molecule has 1 heterocycles. The monoisotopic (exact) mass is 224 g/mol. The van der Waals surface area contributed by atoms with Crippen LogP contribution in [0.2, 0.25) is 0 Å². The first-order chi connectivity index (χ1) is 7.65. The Morgan fingerprint density at radius 1 is 1.69 bits per heavy atom. The second-order valence-electron chi connectivity index (χ2n) is 4.01. The number of nitrogens with two attached hydrogens (primary N) is 1. The molecule has 0 saturated carbocycles. The fourth-order valence-electron chi connectivity index (χ4n) is 1.46. The van der Waals surface area contributed by atoms with Gasteiger partial charge in [0.15, 0.2) is 0 Å². The second-order valence-corrected chi connectivity index (χ2v) is 4.01. The molecule has 5 heteroatoms. The summed E-state index contributed by atoms with van der Waals surface area (Å²) in [6, 6.07) is -0.465. The minimum Gasteiger partial charge on any atom is -0.348 e. The standard InChI is InChI=1S/C11H20N4O/c1-3-4-5-10(12)11(16)15-8(2)9-6-13-14-7-9/h6-8,10H,3-5,12H2,1-2H3,(H,13,14)(H,15,16). The zero-order chi connectivity index (χ0) is 12.0. The second kappa shape index (κ2) is 6.27. The fourth-order valence-corrected chi connectivity index (χ4v) is 1.46. The number of hydrogen-bond acceptors (Lipinski definition) is 3. The molecular weight excluding hydrogens is 204 g/mol. The van der Waals surface area contributed by atoms with E-state index >= 15 is 0 Å². The van der Waals surface area contributed by atoms with Gasteiger partial charge >= 0.3 is 0 Å². The van der Waals surface area contributed by atoms with Gasteiger partial charge < -0.3 is 11.1 Å². The van der Waals surface area contributed by atoms with Crippen LogP contribution in [-0.4, -0.2) is 22.1 Å². The summed E-state index contributed by atoms with van der Waals surface area (Å²) in [6.07, 6.45) is 6.23. The highest BCUT2D eigenvalue weighted by molar-refractivity contribution is 5.81. The first-order valence-corrected chi connectivity index (χ1v) is 5.69. The number of nitrogens with one attached hydrogen (secondary N) is 2. The Balaban J connectivity index is 2.39. The van der Waals surface area contributed by atoms with Crippen LogP contribution in [-0.2, 0) is 4.79 Å². The van der Waals surface area contributed by atoms with E-state index in [1.807, 2.05) is 6.92 Å². The summed E-state index contributed by atoms with van der Waals surface area (Å²) in [4.78, 5) is 11.7. The average molecular weight is 224 g/mol. The summed E-state index contributed by atoms with van der Waals surface area (Å²) in [5, 5.41) is 9.42. The van der Waals surface area contributed by atoms with E-state index < -0.39 is 6.04 Å². The van der Waals surface area contributed by atoms with E-state index in [1.165, 1.54) is 0 Å². The fraction of sp³-hybridized carbons (Fsp3) is 0.636. The highest BCUT2D eigenvalue weighted by Gasteiger charge is 2.16. The van der Waals surface area contributed by atoms with E-state index in [1.54, 1.807) is 12.4 Å². The highest BCUT2D eigenvalue weighted by atomic mass is 16.2. The van der Waals surface area contributed by atoms with Crippen molar-refractivity contribution in [3.63, 3.8) is 0 Å². The van der Waals surface area contributed by atoms with Crippen LogP contribution in [0, 0.1) is 0 Å². The number of nitrogens with zero attached hydrogens (tertiary/aromatic N) is 1. The number of hydrogen-bond donors (Lipinski definition) is 3. The Kier molecular flexibility index (Phi) is 4.98. The van der Waals surface area contributed by atoms with Gasteiger partial charge in [0.25, 0.3) is 0 Å². The van der Waals surface area contributed by atoms with Gasteiger partial charge in [0.1, 0.15) is 0 Å². The molecule has 0 aliphatic rings. The van der Waals surface area contributed by atoms with Crippen LogP contribution < -0.4 is 11.1 Å². The molecule has 0 bridgehead atoms. The number of unbranched alkanes of at least 4 members (excludes halogenated alkanes) is 1. The van der Waals surface area contributed by atoms with Gasteiger partial charge in [-0.05, 0) is 13.3 Å². The predicted molar refractivity (Wildman–Crippen MR) is 62.6 cm³/mol. The number of rotatable bonds is 6. The molecule has 16 heavy (non-hydrogen) atoms. The van der Waals surface area contributed by atoms with Crippen molar-refractivity contribution in [2.24, 2.45) is 5.73 Å². The van der Waals surface area contributed by atoms with Crippen molar-refractivity contribution in [2.75, 3.05) is 0 Å². The van der Waals surface area contributed by atoms with Gasteiger partial charge in [-0.2, -0.15) is 5.10 Å². The summed E-state index contributed by atoms with van der Waals surface area (Å²) >= 11 is 0. The summed E-state index contributed by atoms with van der Waals surface area (Å²) < 4.78 is 0. The molecule has 1 aromatic rings. The Hall–Kier alpha value is -1.36. The first kappa shape index (κ1) is 12.7. The highest BCUT2D eigenvalue weighted by Crippen LogP contribution is 2.09. The third-order valence-electron chi connectivity index (χ3n) is 2.58. The Morgan fingerprint density at radius 3 is 3.00 bits per heavy atom. The normalized spacial score (nSPS) is 14.4. The lowest BCUT2D eigenvalue weighted by molar-refractivity contribution is -0.123. The minimum atomic E-state index is -0.408. The van der Waals surface area contributed by atoms with Crippen molar-refractivity contribution in [1.82, 2.24) is 15.5 Å². The van der Waals surface area contributed by atoms with Crippen molar-refractivity contribution >= 4 is 5.91 Å². The van der Waals surface area contributed by atoms with Gasteiger partial charge in [0, 0.05) is 11.8 Å². The van der Waals surface area contributed by atoms with Crippen molar-refractivity contribution in [3.05, 3.63) is 18.0 Å². The quantitative estimate of drug-likeness (QED) is 0.676. The molecule has 1 amide bonds. The molecule has 90 valence electrons. The smallest absolute Gasteiger partial charge is 0.237 e. The zero-order valence-electron chi connectivity index (χ0n) is 9.86. The van der Waals surface area contributed by atoms with Gasteiger partial charge in [-0.1, -0.05) is 19.8 Å². The maximum atomic E-state index is 11.7. The lowest BCUT2D eigenvalue weighted by Crippen LogP contribution is -2.41. The molecule has 0 aliphatic carbocycles. The van der Waals surface area contributed by atoms with Gasteiger partial charge in [0.2, 0.25) is 5.91 Å². The summed E-state index contributed by atoms with van der Waals surface area (Å²) in [5.74, 6) is -0.0952. The van der Waals surface area contributed by atoms with Crippen molar-refractivity contribution in [1.29, 1.82) is 0 Å². The van der Waals surface area contributed by atoms with Crippen molar-refractivity contribution in [2.45, 2.75) is 45.2 Å². The minimum absolute atomic E-state index is 0.0565. The van der Waals surface area contributed by atoms with Crippen LogP contribution in [0.25, 0.3) is 0 Å². The maximum Gasteiger partial charge on any atom is 0.237 e. The molecular formula is C11H20N4O. The third-order valence-corrected chi connectivity index (χ3v) is 2.58. The van der Waals surface area contributed by atoms with Gasteiger partial charge in [-0.25, -0.2) is 0 Å². The molecule has 0 aliphatic heterocycles. The number of amides is 1. The number of carbonyl (C=O) groups is 1. The van der Waals surface area contributed by atoms with Crippen LogP contribution in [0.15, 0.2) is 12.4 Å². The van der Waals surface area contributed by atoms with Gasteiger partial charge in [-0.15, -0.1) is 0 Å². The molecule has 4 N–H and O–H groups in total. The molecule has 0 saturated heterocycles. The number of carbonyl (C=O) groups excluding carboxylic acids is 1. The Bertz CT molecular complexity index is 310. The van der Waals surface area contributed by atoms with Crippen LogP contribution in [0.5, 0.6) is 0 Å². The summed E-state index contributed by atoms with van der Waals surface area (Å²) in [5.41, 5.74) is 6.72. The molecule has 0 aromatic carbocycles. The van der Waals surface area contributed by atoms with Crippen LogP contribution in [0.3, 0.4) is 0 Å². The molecule has 1 aromatic heterocycles. The van der Waals surface area contributed by atoms with Gasteiger partial charge in [-0.3, -0.25) is 9.89 Å². The molecule has 1 rings (SSSR count). The third kappa shape index (κ3) is 3.66. The average Bonchev–Trinajstić information content (AvgIpc) is 2.79. The summed E-state index contributed by atoms with van der Waals surface area (Å²) in [6.45, 7) is 3.99. The summed E-state index contributed by atoms with van der Waals surface area (Å²) in [7, 11) is 0. The topological polar surface area (TPSA) is 83.8 Å². The van der Waals surface area contributed by atoms with Crippen LogP contribution >= 0.6 is 0 Å². The van der Waals surface area contributed by atoms with Crippen LogP contribution in [0.1, 0.15) is 44.7 Å². The Labute approximate surface area is 95.8 Å². The molecule has 0 fully saturated rings. The molecule has 5 nitrogen and oxygen atoms in total. The lowest BCUT2D eigenvalue weighted by Gasteiger charge is -2.16. The predicted octanol–water partition coefficient (Wildman–Crippen LogP) is 1.10. The zero-order valence-corrected chi connectivity index (χ0v) is 9.86. The molecule has 2 atom stereocenters. The molecule has 2 unspecified atom stereocenters. The first-order valence-electron chi connectivity index (χ1n) is 5.69. The van der Waals surface area contributed by atoms with E-state index in [2.05, 4.69) is 22.4 Å². The Morgan fingerprint density at radius 2 is 2.44 bits per heavy atom. The maximum absolute atomic E-state index is 11.7.